The van der Waals surface area contributed by atoms with E-state index in [1.54, 1.807) is 49.6 Å². The standard InChI is InChI=1S/C22H18N2O4S/c1-27-15-10-11-16(17(13-15)28-2)23-20-19(18-9-6-12-29-18)21(25)24(22(20)26)14-7-4-3-5-8-14/h3-13,23H,1-2H3. The van der Waals surface area contributed by atoms with Crippen molar-refractivity contribution in [2.75, 3.05) is 24.4 Å². The summed E-state index contributed by atoms with van der Waals surface area (Å²) in [5.41, 5.74) is 1.64. The number of amides is 2. The second-order valence-electron chi connectivity index (χ2n) is 6.20. The lowest BCUT2D eigenvalue weighted by Gasteiger charge is -2.16. The van der Waals surface area contributed by atoms with Gasteiger partial charge in [-0.3, -0.25) is 9.59 Å². The van der Waals surface area contributed by atoms with Gasteiger partial charge in [0.05, 0.1) is 31.2 Å². The fourth-order valence-corrected chi connectivity index (χ4v) is 3.91. The van der Waals surface area contributed by atoms with E-state index in [0.29, 0.717) is 28.4 Å². The van der Waals surface area contributed by atoms with Crippen molar-refractivity contribution in [2.45, 2.75) is 0 Å². The van der Waals surface area contributed by atoms with Gasteiger partial charge in [0.25, 0.3) is 11.8 Å². The number of nitrogens with zero attached hydrogens (tertiary/aromatic N) is 1. The first-order chi connectivity index (χ1) is 14.1. The first-order valence-electron chi connectivity index (χ1n) is 8.85. The molecule has 1 aromatic heterocycles. The molecule has 7 heteroatoms. The van der Waals surface area contributed by atoms with Crippen LogP contribution in [0.25, 0.3) is 5.57 Å². The number of nitrogens with one attached hydrogen (secondary N) is 1. The first kappa shape index (κ1) is 18.8. The summed E-state index contributed by atoms with van der Waals surface area (Å²) in [5, 5.41) is 5.00. The number of carbonyl (C=O) groups is 2. The van der Waals surface area contributed by atoms with Crippen molar-refractivity contribution < 1.29 is 19.1 Å². The van der Waals surface area contributed by atoms with Gasteiger partial charge in [0.15, 0.2) is 0 Å². The molecule has 146 valence electrons. The molecule has 2 amide bonds. The van der Waals surface area contributed by atoms with Gasteiger partial charge in [-0.15, -0.1) is 11.3 Å². The van der Waals surface area contributed by atoms with Crippen LogP contribution in [0.15, 0.2) is 71.7 Å². The van der Waals surface area contributed by atoms with Crippen LogP contribution in [0.5, 0.6) is 11.5 Å². The van der Waals surface area contributed by atoms with Crippen LogP contribution in [0, 0.1) is 0 Å². The maximum atomic E-state index is 13.3. The summed E-state index contributed by atoms with van der Waals surface area (Å²) < 4.78 is 10.7. The van der Waals surface area contributed by atoms with Crippen LogP contribution in [0.4, 0.5) is 11.4 Å². The Morgan fingerprint density at radius 2 is 1.69 bits per heavy atom. The zero-order valence-corrected chi connectivity index (χ0v) is 16.7. The summed E-state index contributed by atoms with van der Waals surface area (Å²) in [6, 6.07) is 17.8. The second kappa shape index (κ2) is 7.81. The Morgan fingerprint density at radius 1 is 0.897 bits per heavy atom. The zero-order chi connectivity index (χ0) is 20.4. The number of hydrogen-bond acceptors (Lipinski definition) is 6. The molecule has 2 heterocycles. The van der Waals surface area contributed by atoms with Gasteiger partial charge in [0, 0.05) is 10.9 Å². The highest BCUT2D eigenvalue weighted by Crippen LogP contribution is 2.37. The van der Waals surface area contributed by atoms with Gasteiger partial charge in [-0.1, -0.05) is 24.3 Å². The molecule has 2 aromatic carbocycles. The Morgan fingerprint density at radius 3 is 2.34 bits per heavy atom. The van der Waals surface area contributed by atoms with Gasteiger partial charge >= 0.3 is 0 Å². The molecule has 0 atom stereocenters. The third-order valence-corrected chi connectivity index (χ3v) is 5.42. The molecule has 0 bridgehead atoms. The molecule has 6 nitrogen and oxygen atoms in total. The summed E-state index contributed by atoms with van der Waals surface area (Å²) in [6.07, 6.45) is 0. The van der Waals surface area contributed by atoms with E-state index in [1.807, 2.05) is 23.6 Å². The van der Waals surface area contributed by atoms with Crippen LogP contribution in [-0.2, 0) is 9.59 Å². The average molecular weight is 406 g/mol. The zero-order valence-electron chi connectivity index (χ0n) is 15.8. The Labute approximate surface area is 172 Å². The van der Waals surface area contributed by atoms with E-state index in [4.69, 9.17) is 9.47 Å². The van der Waals surface area contributed by atoms with Crippen molar-refractivity contribution in [2.24, 2.45) is 0 Å². The summed E-state index contributed by atoms with van der Waals surface area (Å²) in [4.78, 5) is 28.4. The van der Waals surface area contributed by atoms with Crippen LogP contribution in [0.2, 0.25) is 0 Å². The molecule has 0 radical (unpaired) electrons. The molecule has 3 aromatic rings. The quantitative estimate of drug-likeness (QED) is 0.623. The molecule has 4 rings (SSSR count). The Kier molecular flexibility index (Phi) is 5.05. The van der Waals surface area contributed by atoms with Crippen molar-refractivity contribution in [3.63, 3.8) is 0 Å². The van der Waals surface area contributed by atoms with Gasteiger partial charge in [0.2, 0.25) is 0 Å². The third kappa shape index (κ3) is 3.36. The predicted molar refractivity (Wildman–Crippen MR) is 113 cm³/mol. The number of rotatable bonds is 6. The fraction of sp³-hybridized carbons (Fsp3) is 0.0909. The molecule has 0 saturated heterocycles. The second-order valence-corrected chi connectivity index (χ2v) is 7.15. The normalized spacial score (nSPS) is 13.8. The number of ether oxygens (including phenoxy) is 2. The molecule has 0 fully saturated rings. The lowest BCUT2D eigenvalue weighted by Crippen LogP contribution is -2.32. The number of anilines is 2. The summed E-state index contributed by atoms with van der Waals surface area (Å²) in [6.45, 7) is 0. The fourth-order valence-electron chi connectivity index (χ4n) is 3.14. The van der Waals surface area contributed by atoms with Crippen LogP contribution in [-0.4, -0.2) is 26.0 Å². The average Bonchev–Trinajstić information content (AvgIpc) is 3.35. The molecule has 1 aliphatic heterocycles. The van der Waals surface area contributed by atoms with E-state index < -0.39 is 5.91 Å². The molecule has 0 aliphatic carbocycles. The lowest BCUT2D eigenvalue weighted by atomic mass is 10.1. The van der Waals surface area contributed by atoms with Crippen molar-refractivity contribution in [1.29, 1.82) is 0 Å². The molecular formula is C22H18N2O4S. The number of benzene rings is 2. The van der Waals surface area contributed by atoms with Crippen molar-refractivity contribution in [3.05, 3.63) is 76.6 Å². The van der Waals surface area contributed by atoms with Gasteiger partial charge in [-0.2, -0.15) is 0 Å². The van der Waals surface area contributed by atoms with E-state index in [-0.39, 0.29) is 11.6 Å². The van der Waals surface area contributed by atoms with E-state index in [1.165, 1.54) is 23.3 Å². The van der Waals surface area contributed by atoms with E-state index in [2.05, 4.69) is 5.32 Å². The van der Waals surface area contributed by atoms with Crippen LogP contribution in [0.1, 0.15) is 4.88 Å². The minimum Gasteiger partial charge on any atom is -0.497 e. The Bertz CT molecular complexity index is 1090. The third-order valence-electron chi connectivity index (χ3n) is 4.53. The highest BCUT2D eigenvalue weighted by atomic mass is 32.1. The van der Waals surface area contributed by atoms with Gasteiger partial charge < -0.3 is 14.8 Å². The maximum absolute atomic E-state index is 13.3. The first-order valence-corrected chi connectivity index (χ1v) is 9.73. The van der Waals surface area contributed by atoms with Crippen molar-refractivity contribution in [1.82, 2.24) is 0 Å². The lowest BCUT2D eigenvalue weighted by molar-refractivity contribution is -0.120. The summed E-state index contributed by atoms with van der Waals surface area (Å²) >= 11 is 1.40. The van der Waals surface area contributed by atoms with E-state index in [0.717, 1.165) is 4.88 Å². The Hall–Kier alpha value is -3.58. The monoisotopic (exact) mass is 406 g/mol. The van der Waals surface area contributed by atoms with E-state index in [9.17, 15) is 9.59 Å². The predicted octanol–water partition coefficient (Wildman–Crippen LogP) is 4.16. The number of methoxy groups -OCH3 is 2. The number of thiophene rings is 1. The van der Waals surface area contributed by atoms with E-state index >= 15 is 0 Å². The van der Waals surface area contributed by atoms with Crippen molar-refractivity contribution >= 4 is 40.1 Å². The van der Waals surface area contributed by atoms with Gasteiger partial charge in [-0.05, 0) is 35.7 Å². The number of hydrogen-bond donors (Lipinski definition) is 1. The summed E-state index contributed by atoms with van der Waals surface area (Å²) in [5.74, 6) is 0.349. The number of carbonyl (C=O) groups excluding carboxylic acids is 2. The minimum atomic E-state index is -0.414. The summed E-state index contributed by atoms with van der Waals surface area (Å²) in [7, 11) is 3.10. The molecule has 29 heavy (non-hydrogen) atoms. The number of para-hydroxylation sites is 1. The number of imide groups is 1. The Balaban J connectivity index is 1.80. The van der Waals surface area contributed by atoms with Crippen LogP contribution >= 0.6 is 11.3 Å². The van der Waals surface area contributed by atoms with Crippen LogP contribution in [0.3, 0.4) is 0 Å². The molecule has 0 saturated carbocycles. The van der Waals surface area contributed by atoms with Crippen LogP contribution < -0.4 is 19.7 Å². The smallest absolute Gasteiger partial charge is 0.282 e. The topological polar surface area (TPSA) is 67.9 Å². The molecule has 1 N–H and O–H groups in total. The van der Waals surface area contributed by atoms with Gasteiger partial charge in [-0.25, -0.2) is 4.90 Å². The van der Waals surface area contributed by atoms with Crippen molar-refractivity contribution in [3.8, 4) is 11.5 Å². The van der Waals surface area contributed by atoms with Gasteiger partial charge in [0.1, 0.15) is 17.2 Å². The minimum absolute atomic E-state index is 0.213. The molecule has 0 unspecified atom stereocenters. The molecule has 1 aliphatic rings. The highest BCUT2D eigenvalue weighted by molar-refractivity contribution is 7.11. The molecular weight excluding hydrogens is 388 g/mol. The maximum Gasteiger partial charge on any atom is 0.282 e. The molecule has 0 spiro atoms. The highest BCUT2D eigenvalue weighted by Gasteiger charge is 2.40. The largest absolute Gasteiger partial charge is 0.497 e. The SMILES string of the molecule is COc1ccc(NC2=C(c3cccs3)C(=O)N(c3ccccc3)C2=O)c(OC)c1.